The number of carbonyl (C=O) groups excluding carboxylic acids is 3. The van der Waals surface area contributed by atoms with E-state index in [0.29, 0.717) is 4.90 Å². The molecule has 3 rings (SSSR count). The molecule has 0 radical (unpaired) electrons. The van der Waals surface area contributed by atoms with Crippen molar-refractivity contribution in [2.24, 2.45) is 5.73 Å². The first-order chi connectivity index (χ1) is 17.1. The first kappa shape index (κ1) is 27.2. The second-order valence-corrected chi connectivity index (χ2v) is 10.5. The molecule has 1 atom stereocenters. The van der Waals surface area contributed by atoms with Gasteiger partial charge in [0, 0.05) is 11.4 Å². The molecule has 0 aliphatic carbocycles. The zero-order valence-corrected chi connectivity index (χ0v) is 21.6. The van der Waals surface area contributed by atoms with E-state index in [1.807, 2.05) is 72.8 Å². The number of nitrogens with one attached hydrogen (secondary N) is 1. The van der Waals surface area contributed by atoms with Gasteiger partial charge in [0.05, 0.1) is 0 Å². The van der Waals surface area contributed by atoms with Crippen molar-refractivity contribution in [3.05, 3.63) is 78.4 Å². The van der Waals surface area contributed by atoms with Crippen molar-refractivity contribution in [1.82, 2.24) is 5.32 Å². The third kappa shape index (κ3) is 7.83. The number of nitrogens with two attached hydrogens (primary N) is 1. The standard InChI is InChI=1S/C28H32N2O5S/c1-27(2,3)35-24(31)28(29,16-9-17-30-26(33)34-19-20-10-5-4-6-11-20)25(32)36-23-15-14-21-12-7-8-13-22(21)18-23/h4-8,10-15,18H,9,16-17,19,29H2,1-3H3,(H,30,33)/t28-/m1/s1. The van der Waals surface area contributed by atoms with Crippen LogP contribution in [-0.2, 0) is 25.7 Å². The summed E-state index contributed by atoms with van der Waals surface area (Å²) in [4.78, 5) is 39.0. The van der Waals surface area contributed by atoms with Crippen LogP contribution in [0, 0.1) is 0 Å². The van der Waals surface area contributed by atoms with E-state index in [-0.39, 0.29) is 26.0 Å². The zero-order chi connectivity index (χ0) is 26.2. The summed E-state index contributed by atoms with van der Waals surface area (Å²) >= 11 is 0.913. The van der Waals surface area contributed by atoms with E-state index in [1.165, 1.54) is 0 Å². The summed E-state index contributed by atoms with van der Waals surface area (Å²) in [7, 11) is 0. The van der Waals surface area contributed by atoms with Crippen LogP contribution < -0.4 is 11.1 Å². The van der Waals surface area contributed by atoms with Crippen molar-refractivity contribution in [2.75, 3.05) is 6.54 Å². The molecule has 7 nitrogen and oxygen atoms in total. The molecule has 1 amide bonds. The van der Waals surface area contributed by atoms with Crippen LogP contribution in [0.25, 0.3) is 10.8 Å². The molecule has 0 fully saturated rings. The highest BCUT2D eigenvalue weighted by Gasteiger charge is 2.45. The van der Waals surface area contributed by atoms with Crippen LogP contribution in [-0.4, -0.2) is 34.9 Å². The molecule has 8 heteroatoms. The van der Waals surface area contributed by atoms with Crippen LogP contribution >= 0.6 is 11.8 Å². The molecule has 0 saturated carbocycles. The first-order valence-corrected chi connectivity index (χ1v) is 12.6. The summed E-state index contributed by atoms with van der Waals surface area (Å²) < 4.78 is 10.7. The summed E-state index contributed by atoms with van der Waals surface area (Å²) in [5.41, 5.74) is 4.60. The Labute approximate surface area is 215 Å². The third-order valence-corrected chi connectivity index (χ3v) is 6.33. The van der Waals surface area contributed by atoms with E-state index in [1.54, 1.807) is 20.8 Å². The molecule has 0 unspecified atom stereocenters. The van der Waals surface area contributed by atoms with Crippen molar-refractivity contribution in [3.63, 3.8) is 0 Å². The summed E-state index contributed by atoms with van der Waals surface area (Å²) in [6, 6.07) is 22.8. The van der Waals surface area contributed by atoms with Crippen molar-refractivity contribution >= 4 is 39.7 Å². The molecule has 0 saturated heterocycles. The van der Waals surface area contributed by atoms with Gasteiger partial charge in [-0.05, 0) is 73.8 Å². The molecular weight excluding hydrogens is 476 g/mol. The molecule has 190 valence electrons. The van der Waals surface area contributed by atoms with Gasteiger partial charge in [-0.3, -0.25) is 4.79 Å². The SMILES string of the molecule is CC(C)(C)OC(=O)[C@](N)(CCCNC(=O)OCc1ccccc1)C(=O)Sc1ccc2ccccc2c1. The number of hydrogen-bond acceptors (Lipinski definition) is 7. The van der Waals surface area contributed by atoms with Gasteiger partial charge in [0.25, 0.3) is 0 Å². The molecule has 0 bridgehead atoms. The maximum Gasteiger partial charge on any atom is 0.407 e. The Kier molecular flexibility index (Phi) is 9.12. The Balaban J connectivity index is 1.62. The van der Waals surface area contributed by atoms with Crippen molar-refractivity contribution in [2.45, 2.75) is 56.3 Å². The van der Waals surface area contributed by atoms with Crippen molar-refractivity contribution in [3.8, 4) is 0 Å². The Hall–Kier alpha value is -3.36. The lowest BCUT2D eigenvalue weighted by Crippen LogP contribution is -2.56. The molecular formula is C28H32N2O5S. The van der Waals surface area contributed by atoms with Gasteiger partial charge >= 0.3 is 12.1 Å². The van der Waals surface area contributed by atoms with E-state index in [4.69, 9.17) is 15.2 Å². The van der Waals surface area contributed by atoms with Gasteiger partial charge in [0.15, 0.2) is 5.54 Å². The number of amides is 1. The van der Waals surface area contributed by atoms with E-state index in [0.717, 1.165) is 28.1 Å². The highest BCUT2D eigenvalue weighted by atomic mass is 32.2. The average molecular weight is 509 g/mol. The summed E-state index contributed by atoms with van der Waals surface area (Å²) in [6.45, 7) is 5.49. The maximum absolute atomic E-state index is 13.3. The van der Waals surface area contributed by atoms with Crippen molar-refractivity contribution in [1.29, 1.82) is 0 Å². The second-order valence-electron chi connectivity index (χ2n) is 9.46. The summed E-state index contributed by atoms with van der Waals surface area (Å²) in [6.07, 6.45) is -0.309. The quantitative estimate of drug-likeness (QED) is 0.177. The predicted molar refractivity (Wildman–Crippen MR) is 141 cm³/mol. The Bertz CT molecular complexity index is 1210. The van der Waals surface area contributed by atoms with Crippen LogP contribution in [0.3, 0.4) is 0 Å². The highest BCUT2D eigenvalue weighted by molar-refractivity contribution is 8.14. The van der Waals surface area contributed by atoms with Gasteiger partial charge in [-0.25, -0.2) is 9.59 Å². The van der Waals surface area contributed by atoms with Gasteiger partial charge < -0.3 is 20.5 Å². The lowest BCUT2D eigenvalue weighted by molar-refractivity contribution is -0.163. The number of esters is 1. The fourth-order valence-corrected chi connectivity index (χ4v) is 4.32. The lowest BCUT2D eigenvalue weighted by atomic mass is 9.95. The van der Waals surface area contributed by atoms with Crippen LogP contribution in [0.5, 0.6) is 0 Å². The topological polar surface area (TPSA) is 108 Å². The van der Waals surface area contributed by atoms with Gasteiger partial charge in [-0.1, -0.05) is 60.7 Å². The molecule has 0 spiro atoms. The highest BCUT2D eigenvalue weighted by Crippen LogP contribution is 2.30. The zero-order valence-electron chi connectivity index (χ0n) is 20.8. The molecule has 3 aromatic carbocycles. The number of alkyl carbamates (subject to hydrolysis) is 1. The van der Waals surface area contributed by atoms with Crippen LogP contribution in [0.1, 0.15) is 39.2 Å². The average Bonchev–Trinajstić information content (AvgIpc) is 2.84. The Morgan fingerprint density at radius 2 is 1.58 bits per heavy atom. The van der Waals surface area contributed by atoms with Crippen LogP contribution in [0.2, 0.25) is 0 Å². The molecule has 36 heavy (non-hydrogen) atoms. The molecule has 3 N–H and O–H groups in total. The molecule has 0 heterocycles. The van der Waals surface area contributed by atoms with Gasteiger partial charge in [0.2, 0.25) is 5.12 Å². The van der Waals surface area contributed by atoms with Gasteiger partial charge in [-0.15, -0.1) is 0 Å². The fourth-order valence-electron chi connectivity index (χ4n) is 3.42. The number of hydrogen-bond donors (Lipinski definition) is 2. The minimum Gasteiger partial charge on any atom is -0.458 e. The monoisotopic (exact) mass is 508 g/mol. The predicted octanol–water partition coefficient (Wildman–Crippen LogP) is 5.20. The number of thioether (sulfide) groups is 1. The van der Waals surface area contributed by atoms with E-state index < -0.39 is 28.3 Å². The van der Waals surface area contributed by atoms with Gasteiger partial charge in [-0.2, -0.15) is 0 Å². The maximum atomic E-state index is 13.3. The third-order valence-electron chi connectivity index (χ3n) is 5.29. The van der Waals surface area contributed by atoms with E-state index >= 15 is 0 Å². The minimum atomic E-state index is -1.88. The molecule has 0 aliphatic heterocycles. The number of carbonyl (C=O) groups is 3. The molecule has 0 aromatic heterocycles. The number of rotatable bonds is 9. The fraction of sp³-hybridized carbons (Fsp3) is 0.321. The smallest absolute Gasteiger partial charge is 0.407 e. The van der Waals surface area contributed by atoms with Gasteiger partial charge in [0.1, 0.15) is 12.2 Å². The largest absolute Gasteiger partial charge is 0.458 e. The number of benzene rings is 3. The number of ether oxygens (including phenoxy) is 2. The molecule has 3 aromatic rings. The Morgan fingerprint density at radius 3 is 2.28 bits per heavy atom. The normalized spacial score (nSPS) is 13.0. The lowest BCUT2D eigenvalue weighted by Gasteiger charge is -2.30. The first-order valence-electron chi connectivity index (χ1n) is 11.7. The van der Waals surface area contributed by atoms with Crippen LogP contribution in [0.4, 0.5) is 4.79 Å². The minimum absolute atomic E-state index is 0.000291. The summed E-state index contributed by atoms with van der Waals surface area (Å²) in [5, 5.41) is 4.15. The van der Waals surface area contributed by atoms with E-state index in [9.17, 15) is 14.4 Å². The van der Waals surface area contributed by atoms with Crippen molar-refractivity contribution < 1.29 is 23.9 Å². The summed E-state index contributed by atoms with van der Waals surface area (Å²) in [5.74, 6) is -0.792. The van der Waals surface area contributed by atoms with E-state index in [2.05, 4.69) is 5.32 Å². The Morgan fingerprint density at radius 1 is 0.917 bits per heavy atom. The second kappa shape index (κ2) is 12.1. The molecule has 0 aliphatic rings. The number of fused-ring (bicyclic) bond motifs is 1. The van der Waals surface area contributed by atoms with Crippen LogP contribution in [0.15, 0.2) is 77.7 Å².